The molecule has 0 atom stereocenters. The third-order valence-electron chi connectivity index (χ3n) is 6.03. The second kappa shape index (κ2) is 9.08. The van der Waals surface area contributed by atoms with Gasteiger partial charge in [0.1, 0.15) is 0 Å². The largest absolute Gasteiger partial charge is 0.336 e. The van der Waals surface area contributed by atoms with Gasteiger partial charge in [0.05, 0.1) is 23.2 Å². The van der Waals surface area contributed by atoms with Gasteiger partial charge in [-0.15, -0.1) is 0 Å². The van der Waals surface area contributed by atoms with Gasteiger partial charge in [0.2, 0.25) is 5.91 Å². The van der Waals surface area contributed by atoms with E-state index in [1.807, 2.05) is 56.1 Å². The van der Waals surface area contributed by atoms with Crippen LogP contribution in [0.1, 0.15) is 34.2 Å². The average Bonchev–Trinajstić information content (AvgIpc) is 3.06. The molecule has 1 aliphatic heterocycles. The van der Waals surface area contributed by atoms with Crippen LogP contribution in [0.25, 0.3) is 11.0 Å². The standard InChI is InChI=1S/C24H30N6O2/c1-5-18-8-6-7-9-20(18)26-21(31)15-29-10-12-30(13-11-29)24(32)19-14-16(2)25-23-22(19)17(3)27-28(23)4/h6-9,14H,5,10-13,15H2,1-4H3,(H,26,31). The first-order chi connectivity index (χ1) is 15.4. The second-order valence-electron chi connectivity index (χ2n) is 8.35. The number of anilines is 1. The minimum atomic E-state index is -0.0249. The van der Waals surface area contributed by atoms with Crippen LogP contribution in [0.2, 0.25) is 0 Å². The van der Waals surface area contributed by atoms with E-state index in [-0.39, 0.29) is 11.8 Å². The molecule has 0 spiro atoms. The van der Waals surface area contributed by atoms with Crippen LogP contribution in [-0.4, -0.2) is 69.1 Å². The Balaban J connectivity index is 1.39. The highest BCUT2D eigenvalue weighted by Gasteiger charge is 2.26. The summed E-state index contributed by atoms with van der Waals surface area (Å²) in [6.45, 7) is 8.68. The quantitative estimate of drug-likeness (QED) is 0.667. The van der Waals surface area contributed by atoms with Gasteiger partial charge in [0.25, 0.3) is 5.91 Å². The summed E-state index contributed by atoms with van der Waals surface area (Å²) in [4.78, 5) is 34.4. The number of aromatic nitrogens is 3. The van der Waals surface area contributed by atoms with E-state index in [1.54, 1.807) is 4.68 Å². The van der Waals surface area contributed by atoms with Crippen LogP contribution in [0.4, 0.5) is 5.69 Å². The number of para-hydroxylation sites is 1. The first kappa shape index (κ1) is 22.0. The molecule has 1 aliphatic rings. The molecule has 8 heteroatoms. The molecule has 0 aliphatic carbocycles. The van der Waals surface area contributed by atoms with E-state index in [4.69, 9.17) is 0 Å². The molecule has 1 N–H and O–H groups in total. The molecule has 2 amide bonds. The Labute approximate surface area is 188 Å². The van der Waals surface area contributed by atoms with Gasteiger partial charge in [-0.2, -0.15) is 5.10 Å². The monoisotopic (exact) mass is 434 g/mol. The lowest BCUT2D eigenvalue weighted by molar-refractivity contribution is -0.117. The third kappa shape index (κ3) is 4.36. The summed E-state index contributed by atoms with van der Waals surface area (Å²) in [5, 5.41) is 8.29. The fourth-order valence-electron chi connectivity index (χ4n) is 4.36. The molecule has 1 saturated heterocycles. The van der Waals surface area contributed by atoms with Gasteiger partial charge in [0.15, 0.2) is 5.65 Å². The molecule has 0 unspecified atom stereocenters. The molecule has 8 nitrogen and oxygen atoms in total. The molecular formula is C24H30N6O2. The Morgan fingerprint density at radius 1 is 1.09 bits per heavy atom. The number of hydrogen-bond acceptors (Lipinski definition) is 5. The van der Waals surface area contributed by atoms with Gasteiger partial charge in [-0.05, 0) is 38.0 Å². The minimum absolute atomic E-state index is 0.00225. The van der Waals surface area contributed by atoms with E-state index >= 15 is 0 Å². The number of aryl methyl sites for hydroxylation is 4. The van der Waals surface area contributed by atoms with Crippen LogP contribution in [0.15, 0.2) is 30.3 Å². The zero-order valence-electron chi connectivity index (χ0n) is 19.2. The maximum Gasteiger partial charge on any atom is 0.254 e. The number of hydrogen-bond donors (Lipinski definition) is 1. The molecule has 2 aromatic heterocycles. The summed E-state index contributed by atoms with van der Waals surface area (Å²) in [5.41, 5.74) is 4.99. The van der Waals surface area contributed by atoms with Crippen LogP contribution in [0, 0.1) is 13.8 Å². The maximum absolute atomic E-state index is 13.3. The predicted octanol–water partition coefficient (Wildman–Crippen LogP) is 2.54. The highest BCUT2D eigenvalue weighted by Crippen LogP contribution is 2.23. The smallest absolute Gasteiger partial charge is 0.254 e. The Morgan fingerprint density at radius 2 is 1.81 bits per heavy atom. The molecule has 32 heavy (non-hydrogen) atoms. The van der Waals surface area contributed by atoms with Crippen LogP contribution in [0.5, 0.6) is 0 Å². The fraction of sp³-hybridized carbons (Fsp3) is 0.417. The van der Waals surface area contributed by atoms with E-state index in [0.29, 0.717) is 38.3 Å². The van der Waals surface area contributed by atoms with Crippen molar-refractivity contribution in [1.29, 1.82) is 0 Å². The molecule has 4 rings (SSSR count). The van der Waals surface area contributed by atoms with Crippen LogP contribution in [0.3, 0.4) is 0 Å². The van der Waals surface area contributed by atoms with Crippen molar-refractivity contribution < 1.29 is 9.59 Å². The number of carbonyl (C=O) groups is 2. The first-order valence-corrected chi connectivity index (χ1v) is 11.1. The Morgan fingerprint density at radius 3 is 2.53 bits per heavy atom. The fourth-order valence-corrected chi connectivity index (χ4v) is 4.36. The molecule has 168 valence electrons. The lowest BCUT2D eigenvalue weighted by atomic mass is 10.1. The van der Waals surface area contributed by atoms with Gasteiger partial charge < -0.3 is 10.2 Å². The Kier molecular flexibility index (Phi) is 6.23. The average molecular weight is 435 g/mol. The van der Waals surface area contributed by atoms with E-state index < -0.39 is 0 Å². The number of piperazine rings is 1. The van der Waals surface area contributed by atoms with Gasteiger partial charge in [0, 0.05) is 44.6 Å². The number of pyridine rings is 1. The Hall–Kier alpha value is -3.26. The van der Waals surface area contributed by atoms with Gasteiger partial charge in [-0.1, -0.05) is 25.1 Å². The van der Waals surface area contributed by atoms with E-state index in [2.05, 4.69) is 27.2 Å². The second-order valence-corrected chi connectivity index (χ2v) is 8.35. The van der Waals surface area contributed by atoms with Gasteiger partial charge >= 0.3 is 0 Å². The zero-order chi connectivity index (χ0) is 22.8. The molecule has 0 radical (unpaired) electrons. The number of amides is 2. The lowest BCUT2D eigenvalue weighted by Gasteiger charge is -2.34. The van der Waals surface area contributed by atoms with Crippen molar-refractivity contribution in [3.05, 3.63) is 52.8 Å². The molecule has 1 aromatic carbocycles. The summed E-state index contributed by atoms with van der Waals surface area (Å²) < 4.78 is 1.72. The van der Waals surface area contributed by atoms with Crippen molar-refractivity contribution in [1.82, 2.24) is 24.6 Å². The number of benzene rings is 1. The topological polar surface area (TPSA) is 83.4 Å². The summed E-state index contributed by atoms with van der Waals surface area (Å²) in [6.07, 6.45) is 0.870. The number of nitrogens with one attached hydrogen (secondary N) is 1. The summed E-state index contributed by atoms with van der Waals surface area (Å²) >= 11 is 0. The van der Waals surface area contributed by atoms with Crippen molar-refractivity contribution >= 4 is 28.5 Å². The first-order valence-electron chi connectivity index (χ1n) is 11.1. The molecule has 3 heterocycles. The molecule has 1 fully saturated rings. The van der Waals surface area contributed by atoms with Crippen LogP contribution in [-0.2, 0) is 18.3 Å². The SMILES string of the molecule is CCc1ccccc1NC(=O)CN1CCN(C(=O)c2cc(C)nc3c2c(C)nn3C)CC1. The highest BCUT2D eigenvalue weighted by atomic mass is 16.2. The van der Waals surface area contributed by atoms with E-state index in [9.17, 15) is 9.59 Å². The van der Waals surface area contributed by atoms with Gasteiger partial charge in [-0.3, -0.25) is 19.2 Å². The zero-order valence-corrected chi connectivity index (χ0v) is 19.2. The minimum Gasteiger partial charge on any atom is -0.336 e. The van der Waals surface area contributed by atoms with Gasteiger partial charge in [-0.25, -0.2) is 4.98 Å². The normalized spacial score (nSPS) is 14.7. The maximum atomic E-state index is 13.3. The summed E-state index contributed by atoms with van der Waals surface area (Å²) in [7, 11) is 1.85. The van der Waals surface area contributed by atoms with Crippen LogP contribution < -0.4 is 5.32 Å². The molecular weight excluding hydrogens is 404 g/mol. The highest BCUT2D eigenvalue weighted by molar-refractivity contribution is 6.06. The summed E-state index contributed by atoms with van der Waals surface area (Å²) in [6, 6.07) is 9.73. The Bertz CT molecular complexity index is 1160. The van der Waals surface area contributed by atoms with Crippen LogP contribution >= 0.6 is 0 Å². The van der Waals surface area contributed by atoms with Crippen molar-refractivity contribution in [2.75, 3.05) is 38.0 Å². The lowest BCUT2D eigenvalue weighted by Crippen LogP contribution is -2.50. The van der Waals surface area contributed by atoms with E-state index in [1.165, 1.54) is 0 Å². The summed E-state index contributed by atoms with van der Waals surface area (Å²) in [5.74, 6) is -0.0271. The molecule has 3 aromatic rings. The van der Waals surface area contributed by atoms with Crippen molar-refractivity contribution in [3.8, 4) is 0 Å². The predicted molar refractivity (Wildman–Crippen MR) is 125 cm³/mol. The van der Waals surface area contributed by atoms with Crippen molar-refractivity contribution in [3.63, 3.8) is 0 Å². The number of nitrogens with zero attached hydrogens (tertiary/aromatic N) is 5. The number of rotatable bonds is 5. The number of carbonyl (C=O) groups excluding carboxylic acids is 2. The van der Waals surface area contributed by atoms with Crippen molar-refractivity contribution in [2.24, 2.45) is 7.05 Å². The van der Waals surface area contributed by atoms with Crippen molar-refractivity contribution in [2.45, 2.75) is 27.2 Å². The van der Waals surface area contributed by atoms with E-state index in [0.717, 1.165) is 40.1 Å². The third-order valence-corrected chi connectivity index (χ3v) is 6.03. The molecule has 0 saturated carbocycles. The molecule has 0 bridgehead atoms. The number of fused-ring (bicyclic) bond motifs is 1.